The summed E-state index contributed by atoms with van der Waals surface area (Å²) in [7, 11) is -0.693. The fraction of sp³-hybridized carbons (Fsp3) is 0.300. The quantitative estimate of drug-likeness (QED) is 0.302. The molecule has 0 saturated carbocycles. The third-order valence-corrected chi connectivity index (χ3v) is 7.75. The smallest absolute Gasteiger partial charge is 0.269 e. The number of hydrogen-bond donors (Lipinski definition) is 0. The lowest BCUT2D eigenvalue weighted by Crippen LogP contribution is -2.36. The Morgan fingerprint density at radius 1 is 1.28 bits per heavy atom. The Morgan fingerprint density at radius 3 is 2.78 bits per heavy atom. The van der Waals surface area contributed by atoms with E-state index < -0.39 is 14.9 Å². The molecular weight excluding hydrogens is 456 g/mol. The van der Waals surface area contributed by atoms with Gasteiger partial charge in [0.1, 0.15) is 5.52 Å². The van der Waals surface area contributed by atoms with Gasteiger partial charge in [0.05, 0.1) is 15.6 Å². The van der Waals surface area contributed by atoms with Crippen molar-refractivity contribution in [1.29, 1.82) is 0 Å². The minimum absolute atomic E-state index is 0.00884. The molecule has 0 fully saturated rings. The van der Waals surface area contributed by atoms with Crippen molar-refractivity contribution in [3.8, 4) is 0 Å². The van der Waals surface area contributed by atoms with Gasteiger partial charge in [-0.05, 0) is 42.7 Å². The highest BCUT2D eigenvalue weighted by Gasteiger charge is 2.25. The van der Waals surface area contributed by atoms with E-state index in [1.54, 1.807) is 17.0 Å². The lowest BCUT2D eigenvalue weighted by molar-refractivity contribution is -0.384. The van der Waals surface area contributed by atoms with Crippen LogP contribution in [0.25, 0.3) is 11.1 Å². The first kappa shape index (κ1) is 22.2. The Morgan fingerprint density at radius 2 is 2.06 bits per heavy atom. The number of nitrogens with zero attached hydrogens (tertiary/aromatic N) is 4. The summed E-state index contributed by atoms with van der Waals surface area (Å²) in [6.07, 6.45) is 1.40. The van der Waals surface area contributed by atoms with Gasteiger partial charge >= 0.3 is 0 Å². The van der Waals surface area contributed by atoms with Gasteiger partial charge in [-0.1, -0.05) is 11.8 Å². The predicted molar refractivity (Wildman–Crippen MR) is 119 cm³/mol. The van der Waals surface area contributed by atoms with Crippen LogP contribution in [0.4, 0.5) is 11.4 Å². The summed E-state index contributed by atoms with van der Waals surface area (Å²) in [5.41, 5.74) is 2.28. The molecule has 0 unspecified atom stereocenters. The Kier molecular flexibility index (Phi) is 5.93. The summed E-state index contributed by atoms with van der Waals surface area (Å²) < 4.78 is 31.4. The SMILES string of the molecule is CN(C)S(=O)(=O)c1ccc2oc(SCC(=O)N3CCCc4cc([N+](=O)[O-])ccc43)nc2c1. The molecule has 4 rings (SSSR count). The lowest BCUT2D eigenvalue weighted by Gasteiger charge is -2.29. The second-order valence-electron chi connectivity index (χ2n) is 7.40. The van der Waals surface area contributed by atoms with E-state index in [2.05, 4.69) is 4.98 Å². The number of carbonyl (C=O) groups is 1. The number of fused-ring (bicyclic) bond motifs is 2. The number of rotatable bonds is 6. The van der Waals surface area contributed by atoms with Crippen molar-refractivity contribution in [1.82, 2.24) is 9.29 Å². The van der Waals surface area contributed by atoms with Gasteiger partial charge in [0.25, 0.3) is 10.9 Å². The van der Waals surface area contributed by atoms with Crippen LogP contribution in [0.5, 0.6) is 0 Å². The number of sulfonamides is 1. The van der Waals surface area contributed by atoms with Gasteiger partial charge < -0.3 is 9.32 Å². The van der Waals surface area contributed by atoms with Crippen molar-refractivity contribution in [2.24, 2.45) is 0 Å². The Labute approximate surface area is 188 Å². The van der Waals surface area contributed by atoms with Gasteiger partial charge in [-0.3, -0.25) is 14.9 Å². The maximum absolute atomic E-state index is 12.8. The number of nitro groups is 1. The van der Waals surface area contributed by atoms with Crippen LogP contribution in [0.2, 0.25) is 0 Å². The van der Waals surface area contributed by atoms with Gasteiger partial charge in [0.2, 0.25) is 15.9 Å². The van der Waals surface area contributed by atoms with E-state index in [-0.39, 0.29) is 27.5 Å². The van der Waals surface area contributed by atoms with Crippen molar-refractivity contribution in [3.63, 3.8) is 0 Å². The molecule has 168 valence electrons. The van der Waals surface area contributed by atoms with Gasteiger partial charge in [0.15, 0.2) is 5.58 Å². The van der Waals surface area contributed by atoms with Crippen LogP contribution in [0, 0.1) is 10.1 Å². The van der Waals surface area contributed by atoms with E-state index in [1.807, 2.05) is 0 Å². The molecule has 1 aliphatic rings. The third kappa shape index (κ3) is 4.20. The molecular formula is C20H20N4O6S2. The molecule has 32 heavy (non-hydrogen) atoms. The molecule has 0 spiro atoms. The Hall–Kier alpha value is -2.96. The third-order valence-electron chi connectivity index (χ3n) is 5.13. The molecule has 0 bridgehead atoms. The van der Waals surface area contributed by atoms with Crippen LogP contribution in [0.15, 0.2) is 50.9 Å². The average molecular weight is 477 g/mol. The second kappa shape index (κ2) is 8.52. The van der Waals surface area contributed by atoms with Crippen molar-refractivity contribution in [3.05, 3.63) is 52.1 Å². The topological polar surface area (TPSA) is 127 Å². The molecule has 2 aromatic carbocycles. The fourth-order valence-electron chi connectivity index (χ4n) is 3.48. The summed E-state index contributed by atoms with van der Waals surface area (Å²) in [6, 6.07) is 8.96. The molecule has 1 aliphatic heterocycles. The van der Waals surface area contributed by atoms with E-state index in [4.69, 9.17) is 4.42 Å². The number of amides is 1. The van der Waals surface area contributed by atoms with Gasteiger partial charge in [-0.2, -0.15) is 0 Å². The minimum Gasteiger partial charge on any atom is -0.431 e. The van der Waals surface area contributed by atoms with Crippen molar-refractivity contribution >= 4 is 50.2 Å². The number of benzene rings is 2. The average Bonchev–Trinajstić information content (AvgIpc) is 3.18. The zero-order chi connectivity index (χ0) is 23.0. The minimum atomic E-state index is -3.59. The van der Waals surface area contributed by atoms with Crippen LogP contribution in [0.3, 0.4) is 0 Å². The zero-order valence-corrected chi connectivity index (χ0v) is 19.0. The van der Waals surface area contributed by atoms with E-state index in [0.717, 1.165) is 28.1 Å². The molecule has 1 aromatic heterocycles. The van der Waals surface area contributed by atoms with E-state index in [1.165, 1.54) is 38.4 Å². The molecule has 1 amide bonds. The molecule has 0 radical (unpaired) electrons. The number of carbonyl (C=O) groups excluding carboxylic acids is 1. The van der Waals surface area contributed by atoms with Crippen molar-refractivity contribution in [2.45, 2.75) is 23.0 Å². The standard InChI is InChI=1S/C20H20N4O6S2/c1-22(2)32(28,29)15-6-8-18-16(11-15)21-20(30-18)31-12-19(25)23-9-3-4-13-10-14(24(26)27)5-7-17(13)23/h5-8,10-11H,3-4,9,12H2,1-2H3. The summed E-state index contributed by atoms with van der Waals surface area (Å²) in [4.78, 5) is 29.5. The van der Waals surface area contributed by atoms with E-state index >= 15 is 0 Å². The van der Waals surface area contributed by atoms with Crippen LogP contribution in [-0.4, -0.2) is 54.9 Å². The summed E-state index contributed by atoms with van der Waals surface area (Å²) in [6.45, 7) is 0.531. The number of aryl methyl sites for hydroxylation is 1. The van der Waals surface area contributed by atoms with E-state index in [0.29, 0.717) is 29.8 Å². The molecule has 0 atom stereocenters. The predicted octanol–water partition coefficient (Wildman–Crippen LogP) is 3.06. The number of anilines is 1. The number of aromatic nitrogens is 1. The zero-order valence-electron chi connectivity index (χ0n) is 17.3. The largest absolute Gasteiger partial charge is 0.431 e. The summed E-state index contributed by atoms with van der Waals surface area (Å²) in [5.74, 6) is -0.102. The van der Waals surface area contributed by atoms with Gasteiger partial charge in [0, 0.05) is 38.5 Å². The first-order chi connectivity index (χ1) is 15.2. The molecule has 3 aromatic rings. The highest BCUT2D eigenvalue weighted by molar-refractivity contribution is 7.99. The number of nitro benzene ring substituents is 1. The number of thioether (sulfide) groups is 1. The maximum Gasteiger partial charge on any atom is 0.269 e. The van der Waals surface area contributed by atoms with Crippen LogP contribution in [-0.2, 0) is 21.2 Å². The second-order valence-corrected chi connectivity index (χ2v) is 10.5. The Balaban J connectivity index is 1.50. The highest BCUT2D eigenvalue weighted by atomic mass is 32.2. The summed E-state index contributed by atoms with van der Waals surface area (Å²) >= 11 is 1.11. The van der Waals surface area contributed by atoms with Crippen LogP contribution >= 0.6 is 11.8 Å². The molecule has 0 saturated heterocycles. The summed E-state index contributed by atoms with van der Waals surface area (Å²) in [5, 5.41) is 11.3. The highest BCUT2D eigenvalue weighted by Crippen LogP contribution is 2.32. The normalized spacial score (nSPS) is 14.0. The van der Waals surface area contributed by atoms with Crippen molar-refractivity contribution < 1.29 is 22.6 Å². The number of hydrogen-bond acceptors (Lipinski definition) is 8. The molecule has 0 N–H and O–H groups in total. The lowest BCUT2D eigenvalue weighted by atomic mass is 10.0. The molecule has 2 heterocycles. The van der Waals surface area contributed by atoms with Crippen LogP contribution < -0.4 is 4.90 Å². The first-order valence-corrected chi connectivity index (χ1v) is 12.1. The number of oxazole rings is 1. The van der Waals surface area contributed by atoms with Gasteiger partial charge in [-0.15, -0.1) is 0 Å². The van der Waals surface area contributed by atoms with Gasteiger partial charge in [-0.25, -0.2) is 17.7 Å². The van der Waals surface area contributed by atoms with Crippen molar-refractivity contribution in [2.75, 3.05) is 31.3 Å². The fourth-order valence-corrected chi connectivity index (χ4v) is 5.11. The maximum atomic E-state index is 12.8. The molecule has 12 heteroatoms. The Bertz CT molecular complexity index is 1320. The first-order valence-electron chi connectivity index (χ1n) is 9.70. The van der Waals surface area contributed by atoms with E-state index in [9.17, 15) is 23.3 Å². The monoisotopic (exact) mass is 476 g/mol. The van der Waals surface area contributed by atoms with Crippen LogP contribution in [0.1, 0.15) is 12.0 Å². The molecule has 10 nitrogen and oxygen atoms in total. The number of non-ortho nitro benzene ring substituents is 1. The molecule has 0 aliphatic carbocycles.